The molecule has 190 valence electrons. The van der Waals surface area contributed by atoms with Crippen LogP contribution >= 0.6 is 11.3 Å². The molecule has 11 heteroatoms. The smallest absolute Gasteiger partial charge is 0.322 e. The molecule has 0 bridgehead atoms. The zero-order valence-electron chi connectivity index (χ0n) is 20.3. The Labute approximate surface area is 209 Å². The van der Waals surface area contributed by atoms with Crippen LogP contribution in [-0.2, 0) is 20.8 Å². The minimum absolute atomic E-state index is 0.163. The van der Waals surface area contributed by atoms with Gasteiger partial charge in [0.15, 0.2) is 0 Å². The lowest BCUT2D eigenvalue weighted by molar-refractivity contribution is -0.149. The standard InChI is InChI=1S/C24H32N4O6S/c1-4-34-23(30)17-9-11-27(12-10-17)22(29)20-16-35-21(26-20)15-28(13-14-32-2)24(31)25-18-5-7-19(33-3)8-6-18/h5-8,16-17H,4,9-15H2,1-3H3,(H,25,31). The van der Waals surface area contributed by atoms with E-state index in [1.54, 1.807) is 60.6 Å². The number of carbonyl (C=O) groups is 3. The van der Waals surface area contributed by atoms with Crippen LogP contribution < -0.4 is 10.1 Å². The molecule has 0 saturated carbocycles. The number of anilines is 1. The number of amides is 3. The van der Waals surface area contributed by atoms with Crippen LogP contribution in [0, 0.1) is 5.92 Å². The highest BCUT2D eigenvalue weighted by molar-refractivity contribution is 7.09. The zero-order valence-corrected chi connectivity index (χ0v) is 21.1. The topological polar surface area (TPSA) is 110 Å². The Morgan fingerprint density at radius 2 is 1.89 bits per heavy atom. The number of aromatic nitrogens is 1. The third kappa shape index (κ3) is 7.40. The first-order valence-electron chi connectivity index (χ1n) is 11.5. The first-order chi connectivity index (χ1) is 16.9. The number of piperidine rings is 1. The van der Waals surface area contributed by atoms with Crippen LogP contribution in [-0.4, -0.2) is 79.8 Å². The van der Waals surface area contributed by atoms with Gasteiger partial charge in [0.1, 0.15) is 16.5 Å². The van der Waals surface area contributed by atoms with Gasteiger partial charge in [0.05, 0.1) is 32.8 Å². The molecule has 3 rings (SSSR count). The Morgan fingerprint density at radius 1 is 1.17 bits per heavy atom. The van der Waals surface area contributed by atoms with Crippen LogP contribution in [0.2, 0.25) is 0 Å². The quantitative estimate of drug-likeness (QED) is 0.495. The molecule has 1 fully saturated rings. The molecular formula is C24H32N4O6S. The summed E-state index contributed by atoms with van der Waals surface area (Å²) in [5.74, 6) is 0.174. The van der Waals surface area contributed by atoms with Crippen LogP contribution in [0.1, 0.15) is 35.3 Å². The summed E-state index contributed by atoms with van der Waals surface area (Å²) in [6.07, 6.45) is 1.16. The summed E-state index contributed by atoms with van der Waals surface area (Å²) in [4.78, 5) is 45.5. The van der Waals surface area contributed by atoms with Crippen molar-refractivity contribution < 1.29 is 28.6 Å². The van der Waals surface area contributed by atoms with E-state index in [9.17, 15) is 14.4 Å². The van der Waals surface area contributed by atoms with Crippen molar-refractivity contribution in [3.63, 3.8) is 0 Å². The Balaban J connectivity index is 1.59. The molecule has 0 unspecified atom stereocenters. The Bertz CT molecular complexity index is 988. The van der Waals surface area contributed by atoms with Gasteiger partial charge in [-0.2, -0.15) is 0 Å². The van der Waals surface area contributed by atoms with E-state index in [2.05, 4.69) is 10.3 Å². The Kier molecular flexibility index (Phi) is 9.86. The van der Waals surface area contributed by atoms with Crippen LogP contribution in [0.3, 0.4) is 0 Å². The maximum absolute atomic E-state index is 12.9. The molecule has 0 atom stereocenters. The van der Waals surface area contributed by atoms with Crippen LogP contribution in [0.15, 0.2) is 29.6 Å². The fourth-order valence-corrected chi connectivity index (χ4v) is 4.50. The summed E-state index contributed by atoms with van der Waals surface area (Å²) >= 11 is 1.33. The minimum atomic E-state index is -0.295. The maximum Gasteiger partial charge on any atom is 0.322 e. The van der Waals surface area contributed by atoms with Crippen molar-refractivity contribution in [2.45, 2.75) is 26.3 Å². The number of benzene rings is 1. The average Bonchev–Trinajstić information content (AvgIpc) is 3.35. The van der Waals surface area contributed by atoms with Crippen molar-refractivity contribution in [2.75, 3.05) is 52.4 Å². The lowest BCUT2D eigenvalue weighted by Gasteiger charge is -2.30. The largest absolute Gasteiger partial charge is 0.497 e. The first kappa shape index (κ1) is 26.4. The normalized spacial score (nSPS) is 13.9. The van der Waals surface area contributed by atoms with Crippen LogP contribution in [0.4, 0.5) is 10.5 Å². The molecule has 0 spiro atoms. The molecule has 0 aliphatic carbocycles. The molecule has 1 aliphatic rings. The Morgan fingerprint density at radius 3 is 2.51 bits per heavy atom. The van der Waals surface area contributed by atoms with E-state index >= 15 is 0 Å². The second-order valence-electron chi connectivity index (χ2n) is 8.02. The number of hydrogen-bond acceptors (Lipinski definition) is 8. The number of rotatable bonds is 10. The second-order valence-corrected chi connectivity index (χ2v) is 8.96. The van der Waals surface area contributed by atoms with Gasteiger partial charge < -0.3 is 29.3 Å². The predicted octanol–water partition coefficient (Wildman–Crippen LogP) is 3.25. The molecular weight excluding hydrogens is 472 g/mol. The van der Waals surface area contributed by atoms with Gasteiger partial charge in [-0.3, -0.25) is 9.59 Å². The number of nitrogens with one attached hydrogen (secondary N) is 1. The molecule has 1 aromatic carbocycles. The molecule has 1 saturated heterocycles. The van der Waals surface area contributed by atoms with Crippen molar-refractivity contribution in [1.82, 2.24) is 14.8 Å². The van der Waals surface area contributed by atoms with Gasteiger partial charge in [-0.15, -0.1) is 11.3 Å². The van der Waals surface area contributed by atoms with Gasteiger partial charge in [0.2, 0.25) is 0 Å². The number of ether oxygens (including phenoxy) is 3. The molecule has 2 heterocycles. The van der Waals surface area contributed by atoms with Crippen molar-refractivity contribution in [3.05, 3.63) is 40.3 Å². The van der Waals surface area contributed by atoms with E-state index in [1.165, 1.54) is 11.3 Å². The number of urea groups is 1. The lowest BCUT2D eigenvalue weighted by atomic mass is 9.97. The lowest BCUT2D eigenvalue weighted by Crippen LogP contribution is -2.40. The van der Waals surface area contributed by atoms with Gasteiger partial charge in [-0.1, -0.05) is 0 Å². The van der Waals surface area contributed by atoms with Crippen LogP contribution in [0.25, 0.3) is 0 Å². The molecule has 1 aliphatic heterocycles. The van der Waals surface area contributed by atoms with E-state index in [1.807, 2.05) is 0 Å². The minimum Gasteiger partial charge on any atom is -0.497 e. The third-order valence-electron chi connectivity index (χ3n) is 5.69. The number of likely N-dealkylation sites (tertiary alicyclic amines) is 1. The second kappa shape index (κ2) is 13.1. The number of carbonyl (C=O) groups excluding carboxylic acids is 3. The molecule has 1 N–H and O–H groups in total. The first-order valence-corrected chi connectivity index (χ1v) is 12.4. The summed E-state index contributed by atoms with van der Waals surface area (Å²) in [5.41, 5.74) is 0.987. The summed E-state index contributed by atoms with van der Waals surface area (Å²) in [5, 5.41) is 5.23. The number of nitrogens with zero attached hydrogens (tertiary/aromatic N) is 3. The SMILES string of the molecule is CCOC(=O)C1CCN(C(=O)c2csc(CN(CCOC)C(=O)Nc3ccc(OC)cc3)n2)CC1. The van der Waals surface area contributed by atoms with Gasteiger partial charge in [0.25, 0.3) is 5.91 Å². The number of esters is 1. The maximum atomic E-state index is 12.9. The fraction of sp³-hybridized carbons (Fsp3) is 0.500. The van der Waals surface area contributed by atoms with Gasteiger partial charge in [0, 0.05) is 37.8 Å². The van der Waals surface area contributed by atoms with E-state index in [0.29, 0.717) is 67.8 Å². The predicted molar refractivity (Wildman–Crippen MR) is 132 cm³/mol. The molecule has 10 nitrogen and oxygen atoms in total. The van der Waals surface area contributed by atoms with Crippen LogP contribution in [0.5, 0.6) is 5.75 Å². The third-order valence-corrected chi connectivity index (χ3v) is 6.53. The monoisotopic (exact) mass is 504 g/mol. The van der Waals surface area contributed by atoms with Gasteiger partial charge in [-0.25, -0.2) is 9.78 Å². The molecule has 3 amide bonds. The fourth-order valence-electron chi connectivity index (χ4n) is 3.72. The van der Waals surface area contributed by atoms with Crippen molar-refractivity contribution >= 4 is 34.9 Å². The van der Waals surface area contributed by atoms with Crippen molar-refractivity contribution in [3.8, 4) is 5.75 Å². The van der Waals surface area contributed by atoms with Crippen molar-refractivity contribution in [1.29, 1.82) is 0 Å². The highest BCUT2D eigenvalue weighted by atomic mass is 32.1. The van der Waals surface area contributed by atoms with Gasteiger partial charge >= 0.3 is 12.0 Å². The van der Waals surface area contributed by atoms with E-state index in [4.69, 9.17) is 14.2 Å². The summed E-state index contributed by atoms with van der Waals surface area (Å²) in [6, 6.07) is 6.76. The molecule has 2 aromatic rings. The van der Waals surface area contributed by atoms with E-state index in [0.717, 1.165) is 0 Å². The summed E-state index contributed by atoms with van der Waals surface area (Å²) < 4.78 is 15.4. The van der Waals surface area contributed by atoms with E-state index in [-0.39, 0.29) is 30.4 Å². The van der Waals surface area contributed by atoms with E-state index < -0.39 is 0 Å². The molecule has 35 heavy (non-hydrogen) atoms. The number of thiazole rings is 1. The Hall–Kier alpha value is -3.18. The highest BCUT2D eigenvalue weighted by Crippen LogP contribution is 2.22. The summed E-state index contributed by atoms with van der Waals surface area (Å²) in [6.45, 7) is 4.09. The molecule has 0 radical (unpaired) electrons. The average molecular weight is 505 g/mol. The number of hydrogen-bond donors (Lipinski definition) is 1. The molecule has 1 aromatic heterocycles. The highest BCUT2D eigenvalue weighted by Gasteiger charge is 2.29. The summed E-state index contributed by atoms with van der Waals surface area (Å²) in [7, 11) is 3.16. The van der Waals surface area contributed by atoms with Crippen molar-refractivity contribution in [2.24, 2.45) is 5.92 Å². The van der Waals surface area contributed by atoms with Gasteiger partial charge in [-0.05, 0) is 44.0 Å². The number of methoxy groups -OCH3 is 2. The zero-order chi connectivity index (χ0) is 25.2.